The Kier molecular flexibility index (Phi) is 6.38. The third-order valence-electron chi connectivity index (χ3n) is 3.25. The number of esters is 1. The molecule has 25 heavy (non-hydrogen) atoms. The molecule has 0 spiro atoms. The number of hydrogen-bond acceptors (Lipinski definition) is 8. The van der Waals surface area contributed by atoms with Crippen molar-refractivity contribution in [2.45, 2.75) is 33.2 Å². The first-order chi connectivity index (χ1) is 12.0. The molecule has 3 N–H and O–H groups in total. The summed E-state index contributed by atoms with van der Waals surface area (Å²) in [5.41, 5.74) is 7.32. The first-order valence-electron chi connectivity index (χ1n) is 7.87. The molecule has 0 unspecified atom stereocenters. The lowest BCUT2D eigenvalue weighted by molar-refractivity contribution is -0.145. The quantitative estimate of drug-likeness (QED) is 0.487. The Labute approximate surface area is 144 Å². The molecular weight excluding hydrogens is 326 g/mol. The molecule has 0 aliphatic carbocycles. The number of carbonyl (C=O) groups excluding carboxylic acids is 2. The number of carbonyl (C=O) groups is 2. The first-order valence-corrected chi connectivity index (χ1v) is 7.87. The van der Waals surface area contributed by atoms with Gasteiger partial charge in [-0.15, -0.1) is 5.10 Å². The van der Waals surface area contributed by atoms with Crippen molar-refractivity contribution in [1.29, 1.82) is 0 Å². The van der Waals surface area contributed by atoms with Crippen LogP contribution in [0.15, 0.2) is 12.4 Å². The van der Waals surface area contributed by atoms with E-state index in [-0.39, 0.29) is 18.9 Å². The van der Waals surface area contributed by atoms with Gasteiger partial charge in [0, 0.05) is 30.9 Å². The van der Waals surface area contributed by atoms with Gasteiger partial charge >= 0.3 is 5.97 Å². The van der Waals surface area contributed by atoms with E-state index < -0.39 is 5.97 Å². The van der Waals surface area contributed by atoms with Crippen molar-refractivity contribution < 1.29 is 14.3 Å². The number of nitrogens with one attached hydrogen (secondary N) is 1. The molecule has 0 fully saturated rings. The van der Waals surface area contributed by atoms with Crippen molar-refractivity contribution in [3.63, 3.8) is 0 Å². The van der Waals surface area contributed by atoms with Gasteiger partial charge in [-0.05, 0) is 13.8 Å². The molecule has 134 valence electrons. The number of rotatable bonds is 8. The van der Waals surface area contributed by atoms with Crippen molar-refractivity contribution in [2.75, 3.05) is 18.9 Å². The Hall–Kier alpha value is -3.04. The van der Waals surface area contributed by atoms with Gasteiger partial charge < -0.3 is 15.8 Å². The first kappa shape index (κ1) is 18.3. The van der Waals surface area contributed by atoms with Crippen molar-refractivity contribution >= 4 is 17.7 Å². The summed E-state index contributed by atoms with van der Waals surface area (Å²) in [6, 6.07) is 0. The van der Waals surface area contributed by atoms with Crippen LogP contribution < -0.4 is 11.1 Å². The molecule has 2 heterocycles. The lowest BCUT2D eigenvalue weighted by Gasteiger charge is -2.04. The van der Waals surface area contributed by atoms with Crippen LogP contribution in [0.3, 0.4) is 0 Å². The third kappa shape index (κ3) is 5.83. The number of anilines is 1. The van der Waals surface area contributed by atoms with Crippen LogP contribution >= 0.6 is 0 Å². The number of nitrogens with two attached hydrogens (primary N) is 1. The van der Waals surface area contributed by atoms with Crippen LogP contribution in [0.25, 0.3) is 0 Å². The van der Waals surface area contributed by atoms with Crippen molar-refractivity contribution in [3.05, 3.63) is 29.5 Å². The molecule has 2 aromatic heterocycles. The molecule has 0 bridgehead atoms. The molecule has 10 heteroatoms. The number of amides is 1. The molecule has 0 saturated carbocycles. The summed E-state index contributed by atoms with van der Waals surface area (Å²) in [6.07, 6.45) is 3.63. The fourth-order valence-corrected chi connectivity index (χ4v) is 2.07. The lowest BCUT2D eigenvalue weighted by atomic mass is 10.3. The maximum Gasteiger partial charge on any atom is 0.315 e. The summed E-state index contributed by atoms with van der Waals surface area (Å²) in [5, 5.41) is 10.7. The van der Waals surface area contributed by atoms with E-state index in [9.17, 15) is 9.59 Å². The molecule has 0 atom stereocenters. The van der Waals surface area contributed by atoms with Gasteiger partial charge in [0.2, 0.25) is 5.91 Å². The van der Waals surface area contributed by atoms with Crippen LogP contribution in [0.2, 0.25) is 0 Å². The Morgan fingerprint density at radius 2 is 2.20 bits per heavy atom. The fourth-order valence-electron chi connectivity index (χ4n) is 2.07. The van der Waals surface area contributed by atoms with Crippen molar-refractivity contribution in [2.24, 2.45) is 0 Å². The van der Waals surface area contributed by atoms with Gasteiger partial charge in [-0.3, -0.25) is 9.59 Å². The Morgan fingerprint density at radius 1 is 1.40 bits per heavy atom. The second kappa shape index (κ2) is 8.71. The highest BCUT2D eigenvalue weighted by atomic mass is 16.5. The van der Waals surface area contributed by atoms with Crippen LogP contribution in [-0.4, -0.2) is 50.0 Å². The monoisotopic (exact) mass is 347 g/mol. The molecule has 0 radical (unpaired) electrons. The number of nitrogen functional groups attached to an aromatic ring is 1. The van der Waals surface area contributed by atoms with E-state index in [1.165, 1.54) is 0 Å². The minimum Gasteiger partial charge on any atom is -0.466 e. The lowest BCUT2D eigenvalue weighted by Crippen LogP contribution is -2.28. The normalized spacial score (nSPS) is 10.5. The Balaban J connectivity index is 1.79. The molecule has 0 aliphatic rings. The van der Waals surface area contributed by atoms with Gasteiger partial charge in [-0.1, -0.05) is 5.21 Å². The summed E-state index contributed by atoms with van der Waals surface area (Å²) >= 11 is 0. The maximum absolute atomic E-state index is 11.5. The van der Waals surface area contributed by atoms with Crippen molar-refractivity contribution in [1.82, 2.24) is 30.3 Å². The van der Waals surface area contributed by atoms with Crippen LogP contribution in [-0.2, 0) is 27.3 Å². The number of aryl methyl sites for hydroxylation is 1. The van der Waals surface area contributed by atoms with E-state index in [0.29, 0.717) is 36.8 Å². The minimum absolute atomic E-state index is 0.256. The molecule has 2 rings (SSSR count). The van der Waals surface area contributed by atoms with Gasteiger partial charge in [-0.25, -0.2) is 14.6 Å². The summed E-state index contributed by atoms with van der Waals surface area (Å²) in [7, 11) is 0. The zero-order valence-corrected chi connectivity index (χ0v) is 14.2. The predicted octanol–water partition coefficient (Wildman–Crippen LogP) is -0.381. The van der Waals surface area contributed by atoms with Gasteiger partial charge in [0.15, 0.2) is 0 Å². The molecule has 10 nitrogen and oxygen atoms in total. The minimum atomic E-state index is -0.538. The molecule has 1 amide bonds. The zero-order valence-electron chi connectivity index (χ0n) is 14.2. The number of aromatic nitrogens is 5. The molecular formula is C15H21N7O3. The maximum atomic E-state index is 11.5. The highest BCUT2D eigenvalue weighted by Gasteiger charge is 2.10. The molecule has 0 saturated heterocycles. The molecule has 0 aromatic carbocycles. The van der Waals surface area contributed by atoms with Gasteiger partial charge in [0.05, 0.1) is 18.8 Å². The highest BCUT2D eigenvalue weighted by Crippen LogP contribution is 2.09. The Bertz CT molecular complexity index is 744. The second-order valence-corrected chi connectivity index (χ2v) is 5.32. The van der Waals surface area contributed by atoms with E-state index >= 15 is 0 Å². The van der Waals surface area contributed by atoms with Crippen LogP contribution in [0.4, 0.5) is 5.82 Å². The van der Waals surface area contributed by atoms with Crippen LogP contribution in [0, 0.1) is 6.92 Å². The zero-order chi connectivity index (χ0) is 18.2. The van der Waals surface area contributed by atoms with E-state index in [0.717, 1.165) is 5.56 Å². The summed E-state index contributed by atoms with van der Waals surface area (Å²) in [5.74, 6) is 0.106. The molecule has 2 aromatic rings. The van der Waals surface area contributed by atoms with Gasteiger partial charge in [-0.2, -0.15) is 0 Å². The second-order valence-electron chi connectivity index (χ2n) is 5.32. The smallest absolute Gasteiger partial charge is 0.315 e. The largest absolute Gasteiger partial charge is 0.466 e. The fraction of sp³-hybridized carbons (Fsp3) is 0.467. The predicted molar refractivity (Wildman–Crippen MR) is 88.3 cm³/mol. The average molecular weight is 347 g/mol. The average Bonchev–Trinajstić information content (AvgIpc) is 2.98. The van der Waals surface area contributed by atoms with E-state index in [2.05, 4.69) is 25.6 Å². The van der Waals surface area contributed by atoms with Crippen LogP contribution in [0.1, 0.15) is 30.4 Å². The van der Waals surface area contributed by atoms with Gasteiger partial charge in [0.1, 0.15) is 18.1 Å². The van der Waals surface area contributed by atoms with E-state index in [4.69, 9.17) is 10.5 Å². The third-order valence-corrected chi connectivity index (χ3v) is 3.25. The highest BCUT2D eigenvalue weighted by molar-refractivity contribution is 5.94. The number of hydrogen-bond donors (Lipinski definition) is 2. The van der Waals surface area contributed by atoms with Crippen LogP contribution in [0.5, 0.6) is 0 Å². The van der Waals surface area contributed by atoms with E-state index in [1.807, 2.05) is 0 Å². The summed E-state index contributed by atoms with van der Waals surface area (Å²) in [6.45, 7) is 4.48. The summed E-state index contributed by atoms with van der Waals surface area (Å²) in [4.78, 5) is 30.9. The SMILES string of the molecule is CCOC(=O)CC(=O)NCCc1cn(Cc2cnc(C)nc2N)nn1. The topological polar surface area (TPSA) is 138 Å². The number of nitrogens with zero attached hydrogens (tertiary/aromatic N) is 5. The standard InChI is InChI=1S/C15H21N7O3/c1-3-25-14(24)6-13(23)17-5-4-12-9-22(21-20-12)8-11-7-18-10(2)19-15(11)16/h7,9H,3-6,8H2,1-2H3,(H,17,23)(H2,16,18,19). The van der Waals surface area contributed by atoms with Crippen molar-refractivity contribution in [3.8, 4) is 0 Å². The van der Waals surface area contributed by atoms with E-state index in [1.54, 1.807) is 30.9 Å². The molecule has 0 aliphatic heterocycles. The Morgan fingerprint density at radius 3 is 2.92 bits per heavy atom. The number of ether oxygens (including phenoxy) is 1. The van der Waals surface area contributed by atoms with Gasteiger partial charge in [0.25, 0.3) is 0 Å². The summed E-state index contributed by atoms with van der Waals surface area (Å²) < 4.78 is 6.33.